The van der Waals surface area contributed by atoms with Crippen LogP contribution in [0.1, 0.15) is 25.3 Å². The first kappa shape index (κ1) is 17.8. The largest absolute Gasteiger partial charge is 0.494 e. The van der Waals surface area contributed by atoms with Crippen LogP contribution in [-0.4, -0.2) is 15.0 Å². The van der Waals surface area contributed by atoms with Crippen molar-refractivity contribution < 1.29 is 13.2 Å². The molecule has 0 aromatic heterocycles. The molecule has 0 saturated carbocycles. The minimum absolute atomic E-state index is 0.105. The Labute approximate surface area is 142 Å². The third-order valence-electron chi connectivity index (χ3n) is 3.38. The van der Waals surface area contributed by atoms with Crippen LogP contribution in [0.15, 0.2) is 64.4 Å². The highest BCUT2D eigenvalue weighted by Gasteiger charge is 2.20. The van der Waals surface area contributed by atoms with Crippen LogP contribution in [0.25, 0.3) is 6.08 Å². The molecule has 2 aromatic rings. The van der Waals surface area contributed by atoms with Crippen LogP contribution in [-0.2, 0) is 9.84 Å². The van der Waals surface area contributed by atoms with Gasteiger partial charge in [0.2, 0.25) is 9.84 Å². The van der Waals surface area contributed by atoms with Crippen LogP contribution < -0.4 is 4.74 Å². The van der Waals surface area contributed by atoms with Crippen LogP contribution in [0.2, 0.25) is 0 Å². The van der Waals surface area contributed by atoms with E-state index in [1.165, 1.54) is 18.2 Å². The highest BCUT2D eigenvalue weighted by Crippen LogP contribution is 2.22. The number of nitrogens with zero attached hydrogens (tertiary/aromatic N) is 1. The maximum absolute atomic E-state index is 12.5. The Kier molecular flexibility index (Phi) is 6.16. The molecule has 2 aromatic carbocycles. The van der Waals surface area contributed by atoms with Gasteiger partial charge in [-0.1, -0.05) is 43.7 Å². The fraction of sp³-hybridized carbons (Fsp3) is 0.211. The van der Waals surface area contributed by atoms with Crippen molar-refractivity contribution in [2.24, 2.45) is 0 Å². The maximum atomic E-state index is 12.5. The van der Waals surface area contributed by atoms with Gasteiger partial charge in [-0.3, -0.25) is 0 Å². The summed E-state index contributed by atoms with van der Waals surface area (Å²) in [6.07, 6.45) is 3.36. The van der Waals surface area contributed by atoms with Crippen molar-refractivity contribution in [3.05, 3.63) is 65.1 Å². The van der Waals surface area contributed by atoms with Crippen molar-refractivity contribution in [3.8, 4) is 11.8 Å². The summed E-state index contributed by atoms with van der Waals surface area (Å²) in [5.41, 5.74) is 0.611. The molecule has 0 radical (unpaired) electrons. The summed E-state index contributed by atoms with van der Waals surface area (Å²) in [6.45, 7) is 2.69. The Bertz CT molecular complexity index is 850. The zero-order chi connectivity index (χ0) is 17.4. The minimum Gasteiger partial charge on any atom is -0.494 e. The van der Waals surface area contributed by atoms with E-state index in [2.05, 4.69) is 6.92 Å². The first-order valence-electron chi connectivity index (χ1n) is 7.72. The maximum Gasteiger partial charge on any atom is 0.216 e. The van der Waals surface area contributed by atoms with Gasteiger partial charge in [-0.15, -0.1) is 0 Å². The lowest BCUT2D eigenvalue weighted by atomic mass is 10.2. The number of allylic oxidation sites excluding steroid dienone is 1. The van der Waals surface area contributed by atoms with E-state index in [0.717, 1.165) is 12.8 Å². The minimum atomic E-state index is -3.82. The van der Waals surface area contributed by atoms with E-state index in [0.29, 0.717) is 17.9 Å². The molecule has 0 spiro atoms. The van der Waals surface area contributed by atoms with Crippen molar-refractivity contribution in [3.63, 3.8) is 0 Å². The number of benzene rings is 2. The van der Waals surface area contributed by atoms with E-state index in [9.17, 15) is 13.7 Å². The number of unbranched alkanes of at least 4 members (excludes halogenated alkanes) is 1. The zero-order valence-electron chi connectivity index (χ0n) is 13.5. The number of sulfone groups is 1. The Balaban J connectivity index is 2.31. The number of rotatable bonds is 7. The molecule has 0 saturated heterocycles. The van der Waals surface area contributed by atoms with E-state index < -0.39 is 9.84 Å². The normalized spacial score (nSPS) is 11.8. The summed E-state index contributed by atoms with van der Waals surface area (Å²) in [6, 6.07) is 16.8. The quantitative estimate of drug-likeness (QED) is 0.559. The molecule has 0 amide bonds. The second kappa shape index (κ2) is 8.32. The summed E-state index contributed by atoms with van der Waals surface area (Å²) in [4.78, 5) is -0.187. The van der Waals surface area contributed by atoms with E-state index in [1.807, 2.05) is 6.07 Å². The molecule has 0 N–H and O–H groups in total. The number of ether oxygens (including phenoxy) is 1. The molecule has 0 aliphatic carbocycles. The van der Waals surface area contributed by atoms with Crippen LogP contribution in [0.3, 0.4) is 0 Å². The molecular formula is C19H19NO3S. The van der Waals surface area contributed by atoms with E-state index in [1.54, 1.807) is 42.5 Å². The van der Waals surface area contributed by atoms with Crippen LogP contribution in [0.5, 0.6) is 5.75 Å². The van der Waals surface area contributed by atoms with Gasteiger partial charge in [0, 0.05) is 0 Å². The summed E-state index contributed by atoms with van der Waals surface area (Å²) in [7, 11) is -3.82. The Morgan fingerprint density at radius 2 is 1.92 bits per heavy atom. The third kappa shape index (κ3) is 4.46. The molecule has 24 heavy (non-hydrogen) atoms. The molecule has 0 bridgehead atoms. The van der Waals surface area contributed by atoms with Gasteiger partial charge in [0.05, 0.1) is 11.5 Å². The predicted octanol–water partition coefficient (Wildman–Crippen LogP) is 4.20. The van der Waals surface area contributed by atoms with Crippen molar-refractivity contribution in [2.45, 2.75) is 24.7 Å². The number of hydrogen-bond acceptors (Lipinski definition) is 4. The topological polar surface area (TPSA) is 67.2 Å². The van der Waals surface area contributed by atoms with Gasteiger partial charge < -0.3 is 4.74 Å². The Hall–Kier alpha value is -2.58. The van der Waals surface area contributed by atoms with Gasteiger partial charge in [-0.25, -0.2) is 8.42 Å². The Morgan fingerprint density at radius 1 is 1.17 bits per heavy atom. The standard InChI is InChI=1S/C19H19NO3S/c1-2-3-12-23-17-9-7-8-16(13-17)14-19(15-20)24(21,22)18-10-5-4-6-11-18/h4-11,13-14H,2-3,12H2,1H3. The van der Waals surface area contributed by atoms with Crippen molar-refractivity contribution in [2.75, 3.05) is 6.61 Å². The van der Waals surface area contributed by atoms with E-state index >= 15 is 0 Å². The highest BCUT2D eigenvalue weighted by atomic mass is 32.2. The van der Waals surface area contributed by atoms with Gasteiger partial charge in [-0.05, 0) is 42.3 Å². The van der Waals surface area contributed by atoms with Gasteiger partial charge in [-0.2, -0.15) is 5.26 Å². The SMILES string of the molecule is CCCCOc1cccc(C=C(C#N)S(=O)(=O)c2ccccc2)c1. The molecule has 0 aliphatic rings. The van der Waals surface area contributed by atoms with Crippen molar-refractivity contribution in [1.29, 1.82) is 5.26 Å². The molecule has 0 atom stereocenters. The molecule has 0 heterocycles. The zero-order valence-corrected chi connectivity index (χ0v) is 14.3. The van der Waals surface area contributed by atoms with Gasteiger partial charge in [0.25, 0.3) is 0 Å². The van der Waals surface area contributed by atoms with E-state index in [4.69, 9.17) is 4.74 Å². The average molecular weight is 341 g/mol. The van der Waals surface area contributed by atoms with Gasteiger partial charge >= 0.3 is 0 Å². The molecule has 0 aliphatic heterocycles. The number of nitriles is 1. The second-order valence-electron chi connectivity index (χ2n) is 5.21. The van der Waals surface area contributed by atoms with Crippen LogP contribution in [0.4, 0.5) is 0 Å². The first-order chi connectivity index (χ1) is 11.6. The lowest BCUT2D eigenvalue weighted by Crippen LogP contribution is -2.03. The van der Waals surface area contributed by atoms with E-state index in [-0.39, 0.29) is 9.80 Å². The fourth-order valence-corrected chi connectivity index (χ4v) is 3.26. The summed E-state index contributed by atoms with van der Waals surface area (Å²) in [5, 5.41) is 9.30. The molecule has 5 heteroatoms. The molecule has 0 unspecified atom stereocenters. The molecule has 2 rings (SSSR count). The van der Waals surface area contributed by atoms with Crippen LogP contribution in [0, 0.1) is 11.3 Å². The fourth-order valence-electron chi connectivity index (χ4n) is 2.08. The first-order valence-corrected chi connectivity index (χ1v) is 9.21. The lowest BCUT2D eigenvalue weighted by Gasteiger charge is -2.06. The second-order valence-corrected chi connectivity index (χ2v) is 7.13. The highest BCUT2D eigenvalue weighted by molar-refractivity contribution is 7.95. The molecular weight excluding hydrogens is 322 g/mol. The lowest BCUT2D eigenvalue weighted by molar-refractivity contribution is 0.309. The monoisotopic (exact) mass is 341 g/mol. The smallest absolute Gasteiger partial charge is 0.216 e. The molecule has 4 nitrogen and oxygen atoms in total. The summed E-state index contributed by atoms with van der Waals surface area (Å²) < 4.78 is 30.7. The van der Waals surface area contributed by atoms with Gasteiger partial charge in [0.15, 0.2) is 0 Å². The predicted molar refractivity (Wildman–Crippen MR) is 94.1 cm³/mol. The number of hydrogen-bond donors (Lipinski definition) is 0. The summed E-state index contributed by atoms with van der Waals surface area (Å²) in [5.74, 6) is 0.659. The third-order valence-corrected chi connectivity index (χ3v) is 5.06. The van der Waals surface area contributed by atoms with Crippen molar-refractivity contribution in [1.82, 2.24) is 0 Å². The average Bonchev–Trinajstić information content (AvgIpc) is 2.61. The molecule has 124 valence electrons. The summed E-state index contributed by atoms with van der Waals surface area (Å²) >= 11 is 0. The van der Waals surface area contributed by atoms with Crippen LogP contribution >= 0.6 is 0 Å². The molecule has 0 fully saturated rings. The van der Waals surface area contributed by atoms with Crippen molar-refractivity contribution >= 4 is 15.9 Å². The Morgan fingerprint density at radius 3 is 2.58 bits per heavy atom. The van der Waals surface area contributed by atoms with Gasteiger partial charge in [0.1, 0.15) is 16.7 Å².